The number of hydrogen-bond donors (Lipinski definition) is 3. The number of nitrogens with two attached hydrogens (primary N) is 1. The van der Waals surface area contributed by atoms with E-state index in [0.29, 0.717) is 18.0 Å². The van der Waals surface area contributed by atoms with Gasteiger partial charge in [0, 0.05) is 12.3 Å². The molecule has 10 heteroatoms. The minimum atomic E-state index is -1.32. The molecule has 0 spiro atoms. The van der Waals surface area contributed by atoms with Crippen molar-refractivity contribution in [1.29, 1.82) is 0 Å². The summed E-state index contributed by atoms with van der Waals surface area (Å²) in [6.07, 6.45) is 8.11. The molecule has 5 rings (SSSR count). The van der Waals surface area contributed by atoms with Gasteiger partial charge >= 0.3 is 5.97 Å². The summed E-state index contributed by atoms with van der Waals surface area (Å²) in [4.78, 5) is 44.7. The van der Waals surface area contributed by atoms with E-state index in [4.69, 9.17) is 10.5 Å². The number of hydrogen-bond acceptors (Lipinski definition) is 7. The van der Waals surface area contributed by atoms with Crippen LogP contribution in [-0.2, 0) is 14.4 Å². The molecule has 0 unspecified atom stereocenters. The van der Waals surface area contributed by atoms with Crippen molar-refractivity contribution in [2.75, 3.05) is 6.54 Å². The van der Waals surface area contributed by atoms with Crippen LogP contribution in [0.1, 0.15) is 44.9 Å². The molecule has 2 aromatic rings. The highest BCUT2D eigenvalue weighted by molar-refractivity contribution is 7.20. The molecule has 186 valence electrons. The maximum Gasteiger partial charge on any atom is 0.330 e. The van der Waals surface area contributed by atoms with Crippen molar-refractivity contribution in [3.05, 3.63) is 36.4 Å². The summed E-state index contributed by atoms with van der Waals surface area (Å²) < 4.78 is 7.10. The van der Waals surface area contributed by atoms with Gasteiger partial charge in [-0.05, 0) is 37.8 Å². The number of aliphatic carboxylic acids is 1. The summed E-state index contributed by atoms with van der Waals surface area (Å²) in [6.45, 7) is 0.198. The molecule has 5 atom stereocenters. The van der Waals surface area contributed by atoms with Gasteiger partial charge in [0.15, 0.2) is 0 Å². The Morgan fingerprint density at radius 2 is 2.09 bits per heavy atom. The number of nitrogens with zero attached hydrogens (tertiary/aromatic N) is 2. The third kappa shape index (κ3) is 4.77. The van der Waals surface area contributed by atoms with Gasteiger partial charge in [-0.15, -0.1) is 0 Å². The first-order valence-corrected chi connectivity index (χ1v) is 13.0. The predicted octanol–water partition coefficient (Wildman–Crippen LogP) is 2.45. The topological polar surface area (TPSA) is 135 Å². The molecule has 1 aliphatic carbocycles. The van der Waals surface area contributed by atoms with Crippen molar-refractivity contribution in [2.45, 2.75) is 68.7 Å². The Morgan fingerprint density at radius 3 is 2.89 bits per heavy atom. The van der Waals surface area contributed by atoms with Crippen LogP contribution in [0.25, 0.3) is 10.2 Å². The van der Waals surface area contributed by atoms with Crippen LogP contribution in [0.2, 0.25) is 0 Å². The Labute approximate surface area is 207 Å². The summed E-state index contributed by atoms with van der Waals surface area (Å²) >= 11 is 1.41. The Balaban J connectivity index is 1.38. The van der Waals surface area contributed by atoms with Crippen LogP contribution in [0.5, 0.6) is 5.19 Å². The van der Waals surface area contributed by atoms with Crippen LogP contribution in [0.4, 0.5) is 0 Å². The third-order valence-electron chi connectivity index (χ3n) is 7.20. The van der Waals surface area contributed by atoms with Gasteiger partial charge in [0.2, 0.25) is 11.8 Å². The molecule has 0 radical (unpaired) electrons. The number of carboxylic acids is 1. The molecule has 9 nitrogen and oxygen atoms in total. The first-order chi connectivity index (χ1) is 16.9. The molecule has 2 amide bonds. The summed E-state index contributed by atoms with van der Waals surface area (Å²) in [5.41, 5.74) is 5.74. The quantitative estimate of drug-likeness (QED) is 0.553. The van der Waals surface area contributed by atoms with Crippen molar-refractivity contribution in [3.63, 3.8) is 0 Å². The minimum absolute atomic E-state index is 0.198. The number of carbonyl (C=O) groups is 3. The highest BCUT2D eigenvalue weighted by Crippen LogP contribution is 2.45. The van der Waals surface area contributed by atoms with Gasteiger partial charge in [0.05, 0.1) is 22.8 Å². The fraction of sp³-hybridized carbons (Fsp3) is 0.520. The van der Waals surface area contributed by atoms with E-state index in [2.05, 4.69) is 10.3 Å². The fourth-order valence-corrected chi connectivity index (χ4v) is 5.97. The van der Waals surface area contributed by atoms with E-state index >= 15 is 0 Å². The molecule has 2 fully saturated rings. The summed E-state index contributed by atoms with van der Waals surface area (Å²) in [5, 5.41) is 13.1. The Kier molecular flexibility index (Phi) is 6.50. The van der Waals surface area contributed by atoms with E-state index in [9.17, 15) is 19.5 Å². The van der Waals surface area contributed by atoms with Gasteiger partial charge in [-0.1, -0.05) is 48.5 Å². The van der Waals surface area contributed by atoms with E-state index in [1.54, 1.807) is 0 Å². The van der Waals surface area contributed by atoms with Crippen LogP contribution < -0.4 is 15.8 Å². The second-order valence-corrected chi connectivity index (χ2v) is 10.7. The van der Waals surface area contributed by atoms with E-state index in [1.807, 2.05) is 36.4 Å². The van der Waals surface area contributed by atoms with Crippen molar-refractivity contribution < 1.29 is 24.2 Å². The van der Waals surface area contributed by atoms with Gasteiger partial charge < -0.3 is 25.8 Å². The first-order valence-electron chi connectivity index (χ1n) is 12.2. The number of allylic oxidation sites excluding steroid dienone is 1. The van der Waals surface area contributed by atoms with Crippen LogP contribution >= 0.6 is 11.3 Å². The number of carbonyl (C=O) groups excluding carboxylic acids is 2. The molecular formula is C25H30N4O5S. The molecule has 4 N–H and O–H groups in total. The second kappa shape index (κ2) is 9.58. The summed E-state index contributed by atoms with van der Waals surface area (Å²) in [7, 11) is 0. The maximum atomic E-state index is 13.4. The number of rotatable bonds is 3. The fourth-order valence-electron chi connectivity index (χ4n) is 5.09. The standard InChI is InChI=1S/C25H30N4O5S/c26-17-9-5-3-1-2-4-8-15-13-25(15,23(32)33)28-21(30)19-12-16(14-29(19)22(17)31)34-24-27-18-10-6-7-11-20(18)35-24/h4,6-8,10-11,15-17,19H,1-3,5,9,12-14,26H2,(H,28,30)(H,32,33)/t15-,16-,17+,19+,25-/m1/s1. The average molecular weight is 499 g/mol. The third-order valence-corrected chi connectivity index (χ3v) is 8.13. The molecular weight excluding hydrogens is 468 g/mol. The molecule has 1 aromatic heterocycles. The minimum Gasteiger partial charge on any atom is -0.479 e. The lowest BCUT2D eigenvalue weighted by Gasteiger charge is -2.27. The number of para-hydroxylation sites is 1. The number of carboxylic acid groups (broad SMARTS) is 1. The molecule has 2 aliphatic heterocycles. The summed E-state index contributed by atoms with van der Waals surface area (Å²) in [5.74, 6) is -2.09. The van der Waals surface area contributed by atoms with Gasteiger partial charge in [-0.25, -0.2) is 9.78 Å². The van der Waals surface area contributed by atoms with E-state index < -0.39 is 35.6 Å². The van der Waals surface area contributed by atoms with Gasteiger partial charge in [-0.3, -0.25) is 9.59 Å². The second-order valence-electron chi connectivity index (χ2n) is 9.68. The zero-order valence-electron chi connectivity index (χ0n) is 19.4. The van der Waals surface area contributed by atoms with Crippen molar-refractivity contribution in [3.8, 4) is 5.19 Å². The zero-order valence-corrected chi connectivity index (χ0v) is 20.2. The van der Waals surface area contributed by atoms with Crippen molar-refractivity contribution in [2.24, 2.45) is 11.7 Å². The van der Waals surface area contributed by atoms with Crippen LogP contribution in [0.3, 0.4) is 0 Å². The largest absolute Gasteiger partial charge is 0.479 e. The highest BCUT2D eigenvalue weighted by Gasteiger charge is 2.61. The molecule has 0 bridgehead atoms. The highest BCUT2D eigenvalue weighted by atomic mass is 32.1. The Bertz CT molecular complexity index is 1130. The normalized spacial score (nSPS) is 31.7. The first kappa shape index (κ1) is 23.7. The number of benzene rings is 1. The molecule has 3 aliphatic rings. The molecule has 35 heavy (non-hydrogen) atoms. The van der Waals surface area contributed by atoms with Crippen LogP contribution in [0, 0.1) is 5.92 Å². The number of nitrogens with one attached hydrogen (secondary N) is 1. The maximum absolute atomic E-state index is 13.4. The van der Waals surface area contributed by atoms with E-state index in [0.717, 1.165) is 35.9 Å². The Hall–Kier alpha value is -2.98. The van der Waals surface area contributed by atoms with Crippen LogP contribution in [-0.4, -0.2) is 63.0 Å². The SMILES string of the molecule is N[C@H]1CCCCCC=C[C@@H]2C[C@@]2(C(=O)O)NC(=O)[C@@H]2C[C@@H](Oc3nc4ccccc4s3)CN2C1=O. The van der Waals surface area contributed by atoms with Crippen LogP contribution in [0.15, 0.2) is 36.4 Å². The average Bonchev–Trinajstić information content (AvgIpc) is 3.15. The smallest absolute Gasteiger partial charge is 0.330 e. The van der Waals surface area contributed by atoms with Gasteiger partial charge in [0.1, 0.15) is 17.7 Å². The zero-order chi connectivity index (χ0) is 24.6. The molecule has 1 aromatic carbocycles. The van der Waals surface area contributed by atoms with Gasteiger partial charge in [0.25, 0.3) is 5.19 Å². The molecule has 3 heterocycles. The van der Waals surface area contributed by atoms with E-state index in [-0.39, 0.29) is 24.8 Å². The number of fused-ring (bicyclic) bond motifs is 3. The van der Waals surface area contributed by atoms with E-state index in [1.165, 1.54) is 16.2 Å². The molecule has 1 saturated carbocycles. The Morgan fingerprint density at radius 1 is 1.26 bits per heavy atom. The predicted molar refractivity (Wildman–Crippen MR) is 131 cm³/mol. The van der Waals surface area contributed by atoms with Gasteiger partial charge in [-0.2, -0.15) is 0 Å². The lowest BCUT2D eigenvalue weighted by Crippen LogP contribution is -2.55. The number of thiazole rings is 1. The lowest BCUT2D eigenvalue weighted by molar-refractivity contribution is -0.145. The number of ether oxygens (including phenoxy) is 1. The monoisotopic (exact) mass is 498 g/mol. The summed E-state index contributed by atoms with van der Waals surface area (Å²) in [6, 6.07) is 6.13. The molecule has 1 saturated heterocycles. The van der Waals surface area contributed by atoms with Crippen molar-refractivity contribution >= 4 is 39.3 Å². The lowest BCUT2D eigenvalue weighted by atomic mass is 10.1. The van der Waals surface area contributed by atoms with Crippen molar-refractivity contribution in [1.82, 2.24) is 15.2 Å². The number of amides is 2. The number of aromatic nitrogens is 1.